The van der Waals surface area contributed by atoms with E-state index in [1.54, 1.807) is 0 Å². The topological polar surface area (TPSA) is 43.8 Å². The first kappa shape index (κ1) is 10.9. The number of aliphatic carboxylic acids is 1. The normalized spacial score (nSPS) is 26.1. The van der Waals surface area contributed by atoms with Crippen molar-refractivity contribution < 1.29 is 9.90 Å². The molecule has 2 rings (SSSR count). The summed E-state index contributed by atoms with van der Waals surface area (Å²) in [6.07, 6.45) is 2.32. The monoisotopic (exact) mass is 212 g/mol. The Bertz CT molecular complexity index is 259. The third-order valence-electron chi connectivity index (χ3n) is 3.79. The Morgan fingerprint density at radius 2 is 2.13 bits per heavy atom. The smallest absolute Gasteiger partial charge is 0.317 e. The van der Waals surface area contributed by atoms with Crippen LogP contribution >= 0.6 is 0 Å². The number of carboxylic acids is 1. The maximum Gasteiger partial charge on any atom is 0.317 e. The van der Waals surface area contributed by atoms with E-state index in [0.29, 0.717) is 6.04 Å². The first-order chi connectivity index (χ1) is 7.03. The van der Waals surface area contributed by atoms with Crippen molar-refractivity contribution in [2.75, 3.05) is 26.2 Å². The molecule has 15 heavy (non-hydrogen) atoms. The van der Waals surface area contributed by atoms with Crippen molar-refractivity contribution in [2.24, 2.45) is 0 Å². The van der Waals surface area contributed by atoms with Gasteiger partial charge in [-0.3, -0.25) is 14.6 Å². The second kappa shape index (κ2) is 3.76. The maximum absolute atomic E-state index is 10.7. The summed E-state index contributed by atoms with van der Waals surface area (Å²) in [5.74, 6) is -0.695. The van der Waals surface area contributed by atoms with Gasteiger partial charge in [0.1, 0.15) is 0 Å². The molecule has 4 nitrogen and oxygen atoms in total. The molecular weight excluding hydrogens is 192 g/mol. The highest BCUT2D eigenvalue weighted by molar-refractivity contribution is 5.69. The Morgan fingerprint density at radius 3 is 2.67 bits per heavy atom. The number of carbonyl (C=O) groups is 1. The Morgan fingerprint density at radius 1 is 1.47 bits per heavy atom. The minimum atomic E-state index is -0.695. The van der Waals surface area contributed by atoms with Crippen LogP contribution in [0.3, 0.4) is 0 Å². The van der Waals surface area contributed by atoms with Crippen LogP contribution in [0.2, 0.25) is 0 Å². The van der Waals surface area contributed by atoms with Gasteiger partial charge in [-0.2, -0.15) is 0 Å². The lowest BCUT2D eigenvalue weighted by atomic mass is 9.86. The van der Waals surface area contributed by atoms with E-state index < -0.39 is 5.97 Å². The molecule has 1 spiro atoms. The van der Waals surface area contributed by atoms with E-state index in [-0.39, 0.29) is 12.1 Å². The molecule has 0 bridgehead atoms. The summed E-state index contributed by atoms with van der Waals surface area (Å²) in [6.45, 7) is 7.67. The number of hydrogen-bond acceptors (Lipinski definition) is 3. The van der Waals surface area contributed by atoms with Gasteiger partial charge >= 0.3 is 5.97 Å². The zero-order valence-corrected chi connectivity index (χ0v) is 9.57. The minimum Gasteiger partial charge on any atom is -0.480 e. The van der Waals surface area contributed by atoms with Crippen molar-refractivity contribution in [3.05, 3.63) is 0 Å². The number of hydrogen-bond donors (Lipinski definition) is 1. The van der Waals surface area contributed by atoms with E-state index in [2.05, 4.69) is 23.6 Å². The first-order valence-electron chi connectivity index (χ1n) is 5.74. The number of carboxylic acid groups (broad SMARTS) is 1. The lowest BCUT2D eigenvalue weighted by Crippen LogP contribution is -2.69. The molecule has 0 radical (unpaired) electrons. The van der Waals surface area contributed by atoms with Gasteiger partial charge in [-0.05, 0) is 33.2 Å². The van der Waals surface area contributed by atoms with Crippen LogP contribution < -0.4 is 0 Å². The van der Waals surface area contributed by atoms with Crippen LogP contribution in [0.4, 0.5) is 0 Å². The van der Waals surface area contributed by atoms with Crippen LogP contribution in [-0.2, 0) is 4.79 Å². The third kappa shape index (κ3) is 1.88. The summed E-state index contributed by atoms with van der Waals surface area (Å²) < 4.78 is 0. The highest BCUT2D eigenvalue weighted by Crippen LogP contribution is 2.38. The molecular formula is C11H20N2O2. The number of nitrogens with zero attached hydrogens (tertiary/aromatic N) is 2. The van der Waals surface area contributed by atoms with Crippen molar-refractivity contribution in [1.82, 2.24) is 9.80 Å². The van der Waals surface area contributed by atoms with Crippen LogP contribution in [0, 0.1) is 0 Å². The Labute approximate surface area is 90.9 Å². The molecule has 0 atom stereocenters. The Kier molecular flexibility index (Phi) is 2.73. The number of rotatable bonds is 3. The fourth-order valence-electron chi connectivity index (χ4n) is 2.84. The molecule has 1 N–H and O–H groups in total. The van der Waals surface area contributed by atoms with E-state index >= 15 is 0 Å². The van der Waals surface area contributed by atoms with Gasteiger partial charge in [-0.15, -0.1) is 0 Å². The van der Waals surface area contributed by atoms with Crippen LogP contribution in [0.1, 0.15) is 26.7 Å². The van der Waals surface area contributed by atoms with Crippen molar-refractivity contribution >= 4 is 5.97 Å². The Balaban J connectivity index is 1.95. The highest BCUT2D eigenvalue weighted by Gasteiger charge is 2.50. The molecule has 0 aromatic rings. The molecule has 2 heterocycles. The molecule has 2 aliphatic rings. The van der Waals surface area contributed by atoms with Crippen LogP contribution in [-0.4, -0.2) is 58.6 Å². The van der Waals surface area contributed by atoms with Gasteiger partial charge in [0.25, 0.3) is 0 Å². The van der Waals surface area contributed by atoms with Gasteiger partial charge in [-0.1, -0.05) is 0 Å². The lowest BCUT2D eigenvalue weighted by molar-refractivity contribution is -0.142. The molecule has 0 unspecified atom stereocenters. The van der Waals surface area contributed by atoms with E-state index in [9.17, 15) is 4.79 Å². The summed E-state index contributed by atoms with van der Waals surface area (Å²) in [4.78, 5) is 15.3. The average Bonchev–Trinajstić information content (AvgIpc) is 2.43. The largest absolute Gasteiger partial charge is 0.480 e. The quantitative estimate of drug-likeness (QED) is 0.745. The van der Waals surface area contributed by atoms with Crippen molar-refractivity contribution in [2.45, 2.75) is 38.3 Å². The molecule has 0 aromatic heterocycles. The predicted molar refractivity (Wildman–Crippen MR) is 57.9 cm³/mol. The van der Waals surface area contributed by atoms with E-state index in [1.165, 1.54) is 6.42 Å². The van der Waals surface area contributed by atoms with Crippen LogP contribution in [0.5, 0.6) is 0 Å². The lowest BCUT2D eigenvalue weighted by Gasteiger charge is -2.54. The second-order valence-electron chi connectivity index (χ2n) is 5.14. The van der Waals surface area contributed by atoms with Gasteiger partial charge in [0.05, 0.1) is 6.54 Å². The SMILES string of the molecule is CC(C)N1CC2(CCCN2CC(=O)O)C1. The summed E-state index contributed by atoms with van der Waals surface area (Å²) in [5, 5.41) is 8.85. The van der Waals surface area contributed by atoms with Gasteiger partial charge in [0, 0.05) is 24.7 Å². The van der Waals surface area contributed by atoms with E-state index in [0.717, 1.165) is 26.1 Å². The molecule has 0 aliphatic carbocycles. The fourth-order valence-corrected chi connectivity index (χ4v) is 2.84. The average molecular weight is 212 g/mol. The van der Waals surface area contributed by atoms with Crippen LogP contribution in [0.25, 0.3) is 0 Å². The summed E-state index contributed by atoms with van der Waals surface area (Å²) in [5.41, 5.74) is 0.197. The molecule has 0 amide bonds. The maximum atomic E-state index is 10.7. The zero-order valence-electron chi connectivity index (χ0n) is 9.57. The summed E-state index contributed by atoms with van der Waals surface area (Å²) >= 11 is 0. The molecule has 4 heteroatoms. The summed E-state index contributed by atoms with van der Waals surface area (Å²) in [6, 6.07) is 0.586. The van der Waals surface area contributed by atoms with E-state index in [1.807, 2.05) is 0 Å². The third-order valence-corrected chi connectivity index (χ3v) is 3.79. The van der Waals surface area contributed by atoms with Gasteiger partial charge in [-0.25, -0.2) is 0 Å². The fraction of sp³-hybridized carbons (Fsp3) is 0.909. The standard InChI is InChI=1S/C11H20N2O2/c1-9(2)12-7-11(8-12)4-3-5-13(11)6-10(14)15/h9H,3-8H2,1-2H3,(H,14,15). The Hall–Kier alpha value is -0.610. The summed E-state index contributed by atoms with van der Waals surface area (Å²) in [7, 11) is 0. The molecule has 86 valence electrons. The predicted octanol–water partition coefficient (Wildman–Crippen LogP) is 0.630. The molecule has 2 fully saturated rings. The van der Waals surface area contributed by atoms with Gasteiger partial charge in [0.15, 0.2) is 0 Å². The molecule has 0 aromatic carbocycles. The molecule has 2 aliphatic heterocycles. The van der Waals surface area contributed by atoms with Crippen molar-refractivity contribution in [3.8, 4) is 0 Å². The van der Waals surface area contributed by atoms with Gasteiger partial charge < -0.3 is 5.11 Å². The van der Waals surface area contributed by atoms with E-state index in [4.69, 9.17) is 5.11 Å². The zero-order chi connectivity index (χ0) is 11.1. The van der Waals surface area contributed by atoms with Crippen molar-refractivity contribution in [3.63, 3.8) is 0 Å². The number of likely N-dealkylation sites (tertiary alicyclic amines) is 2. The first-order valence-corrected chi connectivity index (χ1v) is 5.74. The molecule has 0 saturated carbocycles. The second-order valence-corrected chi connectivity index (χ2v) is 5.14. The van der Waals surface area contributed by atoms with Crippen molar-refractivity contribution in [1.29, 1.82) is 0 Å². The van der Waals surface area contributed by atoms with Gasteiger partial charge in [0.2, 0.25) is 0 Å². The minimum absolute atomic E-state index is 0.197. The molecule has 2 saturated heterocycles. The van der Waals surface area contributed by atoms with Crippen LogP contribution in [0.15, 0.2) is 0 Å². The highest BCUT2D eigenvalue weighted by atomic mass is 16.4.